The molecule has 28 heavy (non-hydrogen) atoms. The summed E-state index contributed by atoms with van der Waals surface area (Å²) in [6, 6.07) is 9.89. The van der Waals surface area contributed by atoms with Crippen LogP contribution < -0.4 is 15.4 Å². The van der Waals surface area contributed by atoms with Gasteiger partial charge in [-0.2, -0.15) is 0 Å². The Hall–Kier alpha value is -2.91. The average molecular weight is 401 g/mol. The van der Waals surface area contributed by atoms with Gasteiger partial charge in [0.1, 0.15) is 0 Å². The number of nitrogens with zero attached hydrogens (tertiary/aromatic N) is 2. The van der Waals surface area contributed by atoms with Crippen LogP contribution in [0.25, 0.3) is 11.1 Å². The van der Waals surface area contributed by atoms with E-state index < -0.39 is 15.8 Å². The van der Waals surface area contributed by atoms with Crippen molar-refractivity contribution in [3.05, 3.63) is 58.1 Å². The molecule has 146 valence electrons. The lowest BCUT2D eigenvalue weighted by molar-refractivity contribution is -0.116. The van der Waals surface area contributed by atoms with Gasteiger partial charge in [-0.25, -0.2) is 17.9 Å². The molecule has 0 aliphatic carbocycles. The molecule has 1 aliphatic heterocycles. The molecule has 2 heterocycles. The van der Waals surface area contributed by atoms with E-state index in [1.54, 1.807) is 18.0 Å². The Morgan fingerprint density at radius 2 is 2.00 bits per heavy atom. The molecule has 1 aromatic heterocycles. The van der Waals surface area contributed by atoms with Crippen LogP contribution in [0.3, 0.4) is 0 Å². The van der Waals surface area contributed by atoms with Crippen LogP contribution in [0.4, 0.5) is 5.69 Å². The van der Waals surface area contributed by atoms with Gasteiger partial charge in [0.05, 0.1) is 10.4 Å². The van der Waals surface area contributed by atoms with Gasteiger partial charge in [0.25, 0.3) is 0 Å². The number of carbonyl (C=O) groups is 1. The Balaban J connectivity index is 1.55. The Labute approximate surface area is 161 Å². The van der Waals surface area contributed by atoms with E-state index in [0.29, 0.717) is 12.1 Å². The molecule has 3 aromatic rings. The molecule has 0 saturated heterocycles. The lowest BCUT2D eigenvalue weighted by atomic mass is 10.1. The first-order chi connectivity index (χ1) is 13.3. The standard InChI is InChI=1S/C19H19N3O5S/c1-12(23)22-8-7-14-9-13(3-5-16(14)22)11-20-28(25,26)15-4-6-17-18(10-15)27-19(24)21(17)2/h3-6,9-10,20H,7-8,11H2,1-2H3. The zero-order valence-corrected chi connectivity index (χ0v) is 16.2. The molecule has 1 amide bonds. The summed E-state index contributed by atoms with van der Waals surface area (Å²) >= 11 is 0. The van der Waals surface area contributed by atoms with Crippen LogP contribution in [-0.4, -0.2) is 25.4 Å². The van der Waals surface area contributed by atoms with Gasteiger partial charge in [-0.15, -0.1) is 0 Å². The highest BCUT2D eigenvalue weighted by Crippen LogP contribution is 2.29. The number of nitrogens with one attached hydrogen (secondary N) is 1. The summed E-state index contributed by atoms with van der Waals surface area (Å²) < 4.78 is 34.2. The maximum Gasteiger partial charge on any atom is 0.419 e. The number of oxazole rings is 1. The van der Waals surface area contributed by atoms with E-state index in [-0.39, 0.29) is 22.9 Å². The van der Waals surface area contributed by atoms with Gasteiger partial charge < -0.3 is 9.32 Å². The van der Waals surface area contributed by atoms with Crippen molar-refractivity contribution < 1.29 is 17.6 Å². The molecule has 0 bridgehead atoms. The van der Waals surface area contributed by atoms with Gasteiger partial charge in [0.15, 0.2) is 5.58 Å². The lowest BCUT2D eigenvalue weighted by Crippen LogP contribution is -2.25. The second-order valence-electron chi connectivity index (χ2n) is 6.76. The van der Waals surface area contributed by atoms with Crippen molar-refractivity contribution in [3.8, 4) is 0 Å². The summed E-state index contributed by atoms with van der Waals surface area (Å²) in [4.78, 5) is 24.9. The Kier molecular flexibility index (Phi) is 4.35. The normalized spacial score (nSPS) is 13.9. The molecule has 0 unspecified atom stereocenters. The summed E-state index contributed by atoms with van der Waals surface area (Å²) in [5.74, 6) is -0.551. The molecular weight excluding hydrogens is 382 g/mol. The van der Waals surface area contributed by atoms with Crippen LogP contribution >= 0.6 is 0 Å². The lowest BCUT2D eigenvalue weighted by Gasteiger charge is -2.15. The number of amides is 1. The van der Waals surface area contributed by atoms with Crippen molar-refractivity contribution in [3.63, 3.8) is 0 Å². The molecule has 8 nitrogen and oxygen atoms in total. The predicted molar refractivity (Wildman–Crippen MR) is 104 cm³/mol. The van der Waals surface area contributed by atoms with Gasteiger partial charge in [-0.05, 0) is 35.7 Å². The third kappa shape index (κ3) is 3.12. The number of sulfonamides is 1. The molecule has 0 radical (unpaired) electrons. The first-order valence-corrected chi connectivity index (χ1v) is 10.2. The third-order valence-corrected chi connectivity index (χ3v) is 6.36. The minimum Gasteiger partial charge on any atom is -0.408 e. The fraction of sp³-hybridized carbons (Fsp3) is 0.263. The SMILES string of the molecule is CC(=O)N1CCc2cc(CNS(=O)(=O)c3ccc4c(c3)oc(=O)n4C)ccc21. The zero-order valence-electron chi connectivity index (χ0n) is 15.4. The highest BCUT2D eigenvalue weighted by Gasteiger charge is 2.22. The van der Waals surface area contributed by atoms with E-state index in [9.17, 15) is 18.0 Å². The predicted octanol–water partition coefficient (Wildman–Crippen LogP) is 1.52. The molecule has 0 spiro atoms. The topological polar surface area (TPSA) is 102 Å². The number of carbonyl (C=O) groups excluding carboxylic acids is 1. The quantitative estimate of drug-likeness (QED) is 0.714. The van der Waals surface area contributed by atoms with Crippen LogP contribution in [0.1, 0.15) is 18.1 Å². The summed E-state index contributed by atoms with van der Waals surface area (Å²) in [6.07, 6.45) is 0.749. The largest absolute Gasteiger partial charge is 0.419 e. The highest BCUT2D eigenvalue weighted by molar-refractivity contribution is 7.89. The van der Waals surface area contributed by atoms with E-state index in [1.165, 1.54) is 23.6 Å². The number of rotatable bonds is 4. The molecule has 1 N–H and O–H groups in total. The van der Waals surface area contributed by atoms with Gasteiger partial charge in [-0.1, -0.05) is 12.1 Å². The summed E-state index contributed by atoms with van der Waals surface area (Å²) in [6.45, 7) is 2.29. The highest BCUT2D eigenvalue weighted by atomic mass is 32.2. The first kappa shape index (κ1) is 18.5. The molecule has 1 aliphatic rings. The number of hydrogen-bond acceptors (Lipinski definition) is 5. The van der Waals surface area contributed by atoms with Gasteiger partial charge in [-0.3, -0.25) is 9.36 Å². The molecule has 2 aromatic carbocycles. The van der Waals surface area contributed by atoms with Crippen molar-refractivity contribution >= 4 is 32.7 Å². The maximum absolute atomic E-state index is 12.6. The number of benzene rings is 2. The summed E-state index contributed by atoms with van der Waals surface area (Å²) in [7, 11) is -2.22. The van der Waals surface area contributed by atoms with Crippen molar-refractivity contribution in [1.82, 2.24) is 9.29 Å². The fourth-order valence-corrected chi connectivity index (χ4v) is 4.47. The molecule has 0 atom stereocenters. The smallest absolute Gasteiger partial charge is 0.408 e. The van der Waals surface area contributed by atoms with Crippen LogP contribution in [0.15, 0.2) is 50.5 Å². The number of fused-ring (bicyclic) bond motifs is 2. The molecule has 0 saturated carbocycles. The minimum atomic E-state index is -3.78. The minimum absolute atomic E-state index is 0.00448. The maximum atomic E-state index is 12.6. The number of hydrogen-bond donors (Lipinski definition) is 1. The third-order valence-electron chi connectivity index (χ3n) is 4.96. The molecular formula is C19H19N3O5S. The Morgan fingerprint density at radius 1 is 1.21 bits per heavy atom. The van der Waals surface area contributed by atoms with E-state index in [1.807, 2.05) is 18.2 Å². The average Bonchev–Trinajstić information content (AvgIpc) is 3.20. The van der Waals surface area contributed by atoms with Crippen LogP contribution in [-0.2, 0) is 34.8 Å². The summed E-state index contributed by atoms with van der Waals surface area (Å²) in [5.41, 5.74) is 3.46. The van der Waals surface area contributed by atoms with Crippen LogP contribution in [0.2, 0.25) is 0 Å². The van der Waals surface area contributed by atoms with Crippen molar-refractivity contribution in [2.45, 2.75) is 24.8 Å². The second-order valence-corrected chi connectivity index (χ2v) is 8.53. The summed E-state index contributed by atoms with van der Waals surface area (Å²) in [5, 5.41) is 0. The van der Waals surface area contributed by atoms with Crippen molar-refractivity contribution in [2.75, 3.05) is 11.4 Å². The van der Waals surface area contributed by atoms with Gasteiger partial charge in [0.2, 0.25) is 15.9 Å². The van der Waals surface area contributed by atoms with Gasteiger partial charge in [0, 0.05) is 38.8 Å². The molecule has 0 fully saturated rings. The molecule has 4 rings (SSSR count). The van der Waals surface area contributed by atoms with Crippen molar-refractivity contribution in [1.29, 1.82) is 0 Å². The monoisotopic (exact) mass is 401 g/mol. The van der Waals surface area contributed by atoms with E-state index in [0.717, 1.165) is 23.2 Å². The van der Waals surface area contributed by atoms with Crippen molar-refractivity contribution in [2.24, 2.45) is 7.05 Å². The Bertz CT molecular complexity index is 1260. The van der Waals surface area contributed by atoms with E-state index >= 15 is 0 Å². The first-order valence-electron chi connectivity index (χ1n) is 8.75. The number of aryl methyl sites for hydroxylation is 1. The number of aromatic nitrogens is 1. The van der Waals surface area contributed by atoms with Gasteiger partial charge >= 0.3 is 5.76 Å². The zero-order chi connectivity index (χ0) is 20.1. The van der Waals surface area contributed by atoms with Crippen LogP contribution in [0, 0.1) is 0 Å². The second kappa shape index (κ2) is 6.61. The molecule has 9 heteroatoms. The Morgan fingerprint density at radius 3 is 2.75 bits per heavy atom. The fourth-order valence-electron chi connectivity index (χ4n) is 3.44. The van der Waals surface area contributed by atoms with Crippen LogP contribution in [0.5, 0.6) is 0 Å². The van der Waals surface area contributed by atoms with E-state index in [4.69, 9.17) is 4.42 Å². The number of anilines is 1. The van der Waals surface area contributed by atoms with E-state index in [2.05, 4.69) is 4.72 Å².